The maximum absolute atomic E-state index is 11.9. The third kappa shape index (κ3) is 3.63. The molecule has 0 atom stereocenters. The van der Waals surface area contributed by atoms with E-state index in [-0.39, 0.29) is 16.1 Å². The minimum atomic E-state index is -3.83. The fourth-order valence-electron chi connectivity index (χ4n) is 1.50. The number of hydrogen-bond acceptors (Lipinski definition) is 7. The van der Waals surface area contributed by atoms with Crippen LogP contribution in [0, 0.1) is 0 Å². The summed E-state index contributed by atoms with van der Waals surface area (Å²) in [6.07, 6.45) is 2.26. The number of nitrogens with zero attached hydrogens (tertiary/aromatic N) is 1. The van der Waals surface area contributed by atoms with Crippen LogP contribution in [0.5, 0.6) is 0 Å². The number of anilines is 1. The highest BCUT2D eigenvalue weighted by Crippen LogP contribution is 2.11. The van der Waals surface area contributed by atoms with E-state index in [0.717, 1.165) is 6.21 Å². The van der Waals surface area contributed by atoms with Crippen molar-refractivity contribution in [1.82, 2.24) is 4.83 Å². The molecule has 0 fully saturated rings. The molecule has 1 aromatic heterocycles. The molecule has 2 aromatic rings. The molecule has 2 rings (SSSR count). The maximum Gasteiger partial charge on any atom is 0.492 e. The molecule has 110 valence electrons. The Hall–Kier alpha value is -2.30. The Kier molecular flexibility index (Phi) is 4.31. The summed E-state index contributed by atoms with van der Waals surface area (Å²) in [6, 6.07) is 6.91. The topological polar surface area (TPSA) is 138 Å². The third-order valence-electron chi connectivity index (χ3n) is 2.55. The number of rotatable bonds is 5. The molecular formula is C11H12BN3O5S. The average molecular weight is 309 g/mol. The van der Waals surface area contributed by atoms with Gasteiger partial charge in [0.1, 0.15) is 5.76 Å². The van der Waals surface area contributed by atoms with E-state index in [4.69, 9.17) is 20.2 Å². The van der Waals surface area contributed by atoms with Gasteiger partial charge in [-0.15, -0.1) is 0 Å². The SMILES string of the molecule is Nc1ccc(S(=O)(=O)NN=Cc2occc2B(O)O)cc1. The summed E-state index contributed by atoms with van der Waals surface area (Å²) in [7, 11) is -5.57. The van der Waals surface area contributed by atoms with E-state index in [1.807, 2.05) is 4.83 Å². The summed E-state index contributed by atoms with van der Waals surface area (Å²) in [6.45, 7) is 0. The molecule has 1 heterocycles. The summed E-state index contributed by atoms with van der Waals surface area (Å²) in [4.78, 5) is 1.97. The van der Waals surface area contributed by atoms with Crippen LogP contribution in [0.15, 0.2) is 51.0 Å². The second-order valence-electron chi connectivity index (χ2n) is 4.04. The number of nitrogens with two attached hydrogens (primary N) is 1. The van der Waals surface area contributed by atoms with Gasteiger partial charge in [-0.2, -0.15) is 18.4 Å². The zero-order valence-electron chi connectivity index (χ0n) is 10.7. The van der Waals surface area contributed by atoms with E-state index < -0.39 is 17.1 Å². The second kappa shape index (κ2) is 6.00. The van der Waals surface area contributed by atoms with Gasteiger partial charge in [0, 0.05) is 11.2 Å². The second-order valence-corrected chi connectivity index (χ2v) is 5.70. The standard InChI is InChI=1S/C11H12BN3O5S/c13-8-1-3-9(4-2-8)21(18,19)15-14-7-11-10(12(16)17)5-6-20-11/h1-7,15-17H,13H2. The third-order valence-corrected chi connectivity index (χ3v) is 3.79. The van der Waals surface area contributed by atoms with Gasteiger partial charge in [-0.25, -0.2) is 0 Å². The number of nitrogens with one attached hydrogen (secondary N) is 1. The number of benzene rings is 1. The van der Waals surface area contributed by atoms with Crippen molar-refractivity contribution in [3.8, 4) is 0 Å². The van der Waals surface area contributed by atoms with E-state index in [0.29, 0.717) is 5.69 Å². The Morgan fingerprint density at radius 3 is 2.52 bits per heavy atom. The molecule has 0 amide bonds. The van der Waals surface area contributed by atoms with Crippen LogP contribution in [0.3, 0.4) is 0 Å². The first-order chi connectivity index (χ1) is 9.90. The van der Waals surface area contributed by atoms with Crippen LogP contribution in [0.4, 0.5) is 5.69 Å². The summed E-state index contributed by atoms with van der Waals surface area (Å²) >= 11 is 0. The predicted molar refractivity (Wildman–Crippen MR) is 77.3 cm³/mol. The number of hydrazone groups is 1. The normalized spacial score (nSPS) is 11.7. The van der Waals surface area contributed by atoms with E-state index in [9.17, 15) is 8.42 Å². The van der Waals surface area contributed by atoms with Crippen molar-refractivity contribution in [2.45, 2.75) is 4.90 Å². The van der Waals surface area contributed by atoms with Crippen LogP contribution in [0.25, 0.3) is 0 Å². The van der Waals surface area contributed by atoms with E-state index >= 15 is 0 Å². The van der Waals surface area contributed by atoms with Crippen molar-refractivity contribution in [3.05, 3.63) is 42.4 Å². The van der Waals surface area contributed by atoms with Crippen LogP contribution in [0.2, 0.25) is 0 Å². The molecule has 0 radical (unpaired) electrons. The van der Waals surface area contributed by atoms with Crippen molar-refractivity contribution in [3.63, 3.8) is 0 Å². The molecule has 10 heteroatoms. The molecule has 5 N–H and O–H groups in total. The van der Waals surface area contributed by atoms with Gasteiger partial charge in [-0.1, -0.05) is 0 Å². The monoisotopic (exact) mass is 309 g/mol. The molecule has 8 nitrogen and oxygen atoms in total. The lowest BCUT2D eigenvalue weighted by Gasteiger charge is -2.03. The minimum absolute atomic E-state index is 0.00397. The highest BCUT2D eigenvalue weighted by molar-refractivity contribution is 7.89. The van der Waals surface area contributed by atoms with Crippen LogP contribution in [0.1, 0.15) is 5.76 Å². The molecule has 21 heavy (non-hydrogen) atoms. The zero-order valence-corrected chi connectivity index (χ0v) is 11.5. The maximum atomic E-state index is 11.9. The van der Waals surface area contributed by atoms with Crippen molar-refractivity contribution >= 4 is 34.5 Å². The Bertz CT molecular complexity index is 739. The highest BCUT2D eigenvalue weighted by atomic mass is 32.2. The molecule has 1 aromatic carbocycles. The number of furan rings is 1. The number of hydrogen-bond donors (Lipinski definition) is 4. The Morgan fingerprint density at radius 2 is 1.90 bits per heavy atom. The molecule has 0 aliphatic rings. The zero-order chi connectivity index (χ0) is 15.5. The van der Waals surface area contributed by atoms with Crippen LogP contribution in [-0.4, -0.2) is 31.8 Å². The van der Waals surface area contributed by atoms with E-state index in [1.165, 1.54) is 36.6 Å². The van der Waals surface area contributed by atoms with Gasteiger partial charge >= 0.3 is 7.12 Å². The van der Waals surface area contributed by atoms with Crippen LogP contribution in [-0.2, 0) is 10.0 Å². The predicted octanol–water partition coefficient (Wildman–Crippen LogP) is -1.15. The Balaban J connectivity index is 2.13. The fraction of sp³-hybridized carbons (Fsp3) is 0. The lowest BCUT2D eigenvalue weighted by Crippen LogP contribution is -2.31. The Morgan fingerprint density at radius 1 is 1.24 bits per heavy atom. The largest absolute Gasteiger partial charge is 0.492 e. The first-order valence-corrected chi connectivity index (χ1v) is 7.22. The van der Waals surface area contributed by atoms with Crippen molar-refractivity contribution < 1.29 is 22.9 Å². The van der Waals surface area contributed by atoms with Gasteiger partial charge in [0.2, 0.25) is 0 Å². The van der Waals surface area contributed by atoms with Crippen molar-refractivity contribution in [1.29, 1.82) is 0 Å². The van der Waals surface area contributed by atoms with Gasteiger partial charge < -0.3 is 20.2 Å². The van der Waals surface area contributed by atoms with Crippen molar-refractivity contribution in [2.24, 2.45) is 5.10 Å². The molecule has 0 bridgehead atoms. The molecule has 0 aliphatic carbocycles. The first-order valence-electron chi connectivity index (χ1n) is 5.74. The summed E-state index contributed by atoms with van der Waals surface area (Å²) < 4.78 is 28.7. The average Bonchev–Trinajstić information content (AvgIpc) is 2.87. The van der Waals surface area contributed by atoms with Crippen LogP contribution >= 0.6 is 0 Å². The fourth-order valence-corrected chi connectivity index (χ4v) is 2.29. The molecular weight excluding hydrogens is 297 g/mol. The van der Waals surface area contributed by atoms with Gasteiger partial charge in [0.05, 0.1) is 17.4 Å². The van der Waals surface area contributed by atoms with Gasteiger partial charge in [-0.3, -0.25) is 0 Å². The summed E-state index contributed by atoms with van der Waals surface area (Å²) in [5.74, 6) is 0.0324. The van der Waals surface area contributed by atoms with Crippen LogP contribution < -0.4 is 16.0 Å². The molecule has 0 aliphatic heterocycles. The first kappa shape index (κ1) is 15.1. The Labute approximate surface area is 121 Å². The van der Waals surface area contributed by atoms with Gasteiger partial charge in [-0.05, 0) is 30.3 Å². The number of sulfonamides is 1. The number of nitrogen functional groups attached to an aromatic ring is 1. The summed E-state index contributed by atoms with van der Waals surface area (Å²) in [5.41, 5.74) is 5.99. The molecule has 0 spiro atoms. The van der Waals surface area contributed by atoms with E-state index in [1.54, 1.807) is 0 Å². The lowest BCUT2D eigenvalue weighted by atomic mass is 9.80. The van der Waals surface area contributed by atoms with Gasteiger partial charge in [0.15, 0.2) is 0 Å². The summed E-state index contributed by atoms with van der Waals surface area (Å²) in [5, 5.41) is 21.6. The minimum Gasteiger partial charge on any atom is -0.464 e. The quantitative estimate of drug-likeness (QED) is 0.238. The lowest BCUT2D eigenvalue weighted by molar-refractivity contribution is 0.425. The van der Waals surface area contributed by atoms with Crippen molar-refractivity contribution in [2.75, 3.05) is 5.73 Å². The highest BCUT2D eigenvalue weighted by Gasteiger charge is 2.18. The molecule has 0 unspecified atom stereocenters. The smallest absolute Gasteiger partial charge is 0.464 e. The molecule has 0 saturated heterocycles. The molecule has 0 saturated carbocycles. The van der Waals surface area contributed by atoms with E-state index in [2.05, 4.69) is 5.10 Å². The van der Waals surface area contributed by atoms with Gasteiger partial charge in [0.25, 0.3) is 10.0 Å².